The van der Waals surface area contributed by atoms with Gasteiger partial charge in [-0.1, -0.05) is 38.0 Å². The van der Waals surface area contributed by atoms with Gasteiger partial charge in [0.05, 0.1) is 12.2 Å². The second-order valence-corrected chi connectivity index (χ2v) is 7.93. The highest BCUT2D eigenvalue weighted by molar-refractivity contribution is 6.09. The molecule has 0 unspecified atom stereocenters. The second-order valence-electron chi connectivity index (χ2n) is 7.93. The van der Waals surface area contributed by atoms with Gasteiger partial charge in [0.15, 0.2) is 11.4 Å². The van der Waals surface area contributed by atoms with E-state index in [0.29, 0.717) is 22.8 Å². The highest BCUT2D eigenvalue weighted by atomic mass is 16.6. The summed E-state index contributed by atoms with van der Waals surface area (Å²) in [4.78, 5) is 37.0. The Balaban J connectivity index is 1.91. The van der Waals surface area contributed by atoms with Crippen molar-refractivity contribution in [3.05, 3.63) is 59.1 Å². The normalized spacial score (nSPS) is 30.6. The fourth-order valence-corrected chi connectivity index (χ4v) is 3.93. The van der Waals surface area contributed by atoms with Gasteiger partial charge >= 0.3 is 5.97 Å². The molecule has 1 aliphatic carbocycles. The molecule has 0 N–H and O–H groups in total. The lowest BCUT2D eigenvalue weighted by Gasteiger charge is -2.35. The molecule has 2 aliphatic heterocycles. The largest absolute Gasteiger partial charge is 0.465 e. The molecule has 0 aromatic carbocycles. The smallest absolute Gasteiger partial charge is 0.318 e. The van der Waals surface area contributed by atoms with Gasteiger partial charge in [0.1, 0.15) is 17.5 Å². The van der Waals surface area contributed by atoms with Crippen LogP contribution in [0, 0.1) is 17.8 Å². The average Bonchev–Trinajstić information content (AvgIpc) is 2.92. The Bertz CT molecular complexity index is 883. The number of hydrogen-bond donors (Lipinski definition) is 0. The molecule has 0 spiro atoms. The predicted octanol–water partition coefficient (Wildman–Crippen LogP) is 3.98. The van der Waals surface area contributed by atoms with E-state index in [1.807, 2.05) is 19.1 Å². The van der Waals surface area contributed by atoms with Crippen LogP contribution < -0.4 is 0 Å². The van der Waals surface area contributed by atoms with Crippen molar-refractivity contribution >= 4 is 17.5 Å². The van der Waals surface area contributed by atoms with Crippen molar-refractivity contribution in [2.75, 3.05) is 0 Å². The standard InChI is InChI=1S/C23H26O5/c1-6-13(2)9-14(3)7-8-17-10-16-11-19(25)23(5)21(18(16)12-27-17)20(15(4)24)22(26)28-23/h7-13,20-21H,6H2,1-5H3/b8-7+,14-9+/t13-,20-,21-,23-/m1/s1. The van der Waals surface area contributed by atoms with E-state index in [0.717, 1.165) is 12.0 Å². The highest BCUT2D eigenvalue weighted by Gasteiger charge is 2.61. The van der Waals surface area contributed by atoms with Gasteiger partial charge in [-0.15, -0.1) is 0 Å². The minimum absolute atomic E-state index is 0.309. The average molecular weight is 382 g/mol. The van der Waals surface area contributed by atoms with Gasteiger partial charge in [-0.2, -0.15) is 0 Å². The zero-order valence-corrected chi connectivity index (χ0v) is 16.9. The van der Waals surface area contributed by atoms with Crippen LogP contribution in [0.3, 0.4) is 0 Å². The number of hydrogen-bond acceptors (Lipinski definition) is 5. The Morgan fingerprint density at radius 1 is 1.29 bits per heavy atom. The second kappa shape index (κ2) is 7.38. The first-order valence-corrected chi connectivity index (χ1v) is 9.62. The van der Waals surface area contributed by atoms with E-state index >= 15 is 0 Å². The molecule has 3 aliphatic rings. The zero-order chi connectivity index (χ0) is 20.6. The van der Waals surface area contributed by atoms with Crippen molar-refractivity contribution in [2.24, 2.45) is 17.8 Å². The fourth-order valence-electron chi connectivity index (χ4n) is 3.93. The van der Waals surface area contributed by atoms with Crippen LogP contribution in [-0.2, 0) is 23.9 Å². The van der Waals surface area contributed by atoms with Crippen molar-refractivity contribution in [1.82, 2.24) is 0 Å². The van der Waals surface area contributed by atoms with Crippen LogP contribution in [0.2, 0.25) is 0 Å². The van der Waals surface area contributed by atoms with Gasteiger partial charge in [0.25, 0.3) is 0 Å². The minimum atomic E-state index is -1.36. The van der Waals surface area contributed by atoms with Gasteiger partial charge in [-0.3, -0.25) is 14.4 Å². The SMILES string of the molecule is CC[C@@H](C)/C=C(C)/C=C/C1=CC2=CC(=O)[C@@]3(C)OC(=O)[C@H](C(C)=O)[C@H]3C2=CO1. The Labute approximate surface area is 165 Å². The molecule has 3 rings (SSSR count). The van der Waals surface area contributed by atoms with Gasteiger partial charge in [-0.05, 0) is 50.5 Å². The van der Waals surface area contributed by atoms with Gasteiger partial charge in [0.2, 0.25) is 0 Å². The Morgan fingerprint density at radius 3 is 2.64 bits per heavy atom. The Hall–Kier alpha value is -2.69. The number of allylic oxidation sites excluding steroid dienone is 6. The van der Waals surface area contributed by atoms with Crippen LogP contribution in [0.1, 0.15) is 41.0 Å². The van der Waals surface area contributed by atoms with E-state index in [2.05, 4.69) is 19.9 Å². The number of fused-ring (bicyclic) bond motifs is 3. The molecule has 1 saturated heterocycles. The molecule has 5 nitrogen and oxygen atoms in total. The maximum Gasteiger partial charge on any atom is 0.318 e. The van der Waals surface area contributed by atoms with E-state index in [4.69, 9.17) is 9.47 Å². The van der Waals surface area contributed by atoms with Crippen molar-refractivity contribution in [1.29, 1.82) is 0 Å². The van der Waals surface area contributed by atoms with E-state index < -0.39 is 23.4 Å². The first-order valence-electron chi connectivity index (χ1n) is 9.62. The van der Waals surface area contributed by atoms with Crippen LogP contribution in [0.15, 0.2) is 59.1 Å². The van der Waals surface area contributed by atoms with Gasteiger partial charge in [-0.25, -0.2) is 0 Å². The summed E-state index contributed by atoms with van der Waals surface area (Å²) in [6.07, 6.45) is 11.8. The third kappa shape index (κ3) is 3.41. The summed E-state index contributed by atoms with van der Waals surface area (Å²) < 4.78 is 11.1. The molecule has 4 atom stereocenters. The lowest BCUT2D eigenvalue weighted by molar-refractivity contribution is -0.156. The van der Waals surface area contributed by atoms with Gasteiger partial charge < -0.3 is 9.47 Å². The molecule has 2 heterocycles. The monoisotopic (exact) mass is 382 g/mol. The first-order chi connectivity index (χ1) is 13.2. The number of rotatable bonds is 5. The highest BCUT2D eigenvalue weighted by Crippen LogP contribution is 2.49. The van der Waals surface area contributed by atoms with Crippen molar-refractivity contribution in [3.8, 4) is 0 Å². The lowest BCUT2D eigenvalue weighted by Crippen LogP contribution is -2.46. The molecule has 148 valence electrons. The third-order valence-electron chi connectivity index (χ3n) is 5.70. The van der Waals surface area contributed by atoms with E-state index in [9.17, 15) is 14.4 Å². The van der Waals surface area contributed by atoms with Crippen LogP contribution in [-0.4, -0.2) is 23.1 Å². The van der Waals surface area contributed by atoms with E-state index in [1.165, 1.54) is 19.3 Å². The number of carbonyl (C=O) groups excluding carboxylic acids is 3. The molecule has 0 amide bonds. The maximum atomic E-state index is 12.7. The molecule has 0 bridgehead atoms. The van der Waals surface area contributed by atoms with Crippen molar-refractivity contribution in [2.45, 2.75) is 46.6 Å². The lowest BCUT2D eigenvalue weighted by atomic mass is 9.68. The topological polar surface area (TPSA) is 69.7 Å². The number of carbonyl (C=O) groups is 3. The fraction of sp³-hybridized carbons (Fsp3) is 0.435. The van der Waals surface area contributed by atoms with Crippen LogP contribution >= 0.6 is 0 Å². The van der Waals surface area contributed by atoms with E-state index in [1.54, 1.807) is 13.0 Å². The summed E-state index contributed by atoms with van der Waals surface area (Å²) in [6, 6.07) is 0. The summed E-state index contributed by atoms with van der Waals surface area (Å²) in [6.45, 7) is 9.25. The molecule has 5 heteroatoms. The summed E-state index contributed by atoms with van der Waals surface area (Å²) in [5.41, 5.74) is 1.08. The van der Waals surface area contributed by atoms with Crippen molar-refractivity contribution in [3.63, 3.8) is 0 Å². The number of ketones is 2. The molecule has 0 aromatic rings. The third-order valence-corrected chi connectivity index (χ3v) is 5.70. The Morgan fingerprint density at radius 2 is 2.00 bits per heavy atom. The minimum Gasteiger partial charge on any atom is -0.465 e. The predicted molar refractivity (Wildman–Crippen MR) is 105 cm³/mol. The van der Waals surface area contributed by atoms with Crippen molar-refractivity contribution < 1.29 is 23.9 Å². The Kier molecular flexibility index (Phi) is 5.28. The number of esters is 1. The van der Waals surface area contributed by atoms with Crippen LogP contribution in [0.25, 0.3) is 0 Å². The maximum absolute atomic E-state index is 12.7. The molecule has 1 fully saturated rings. The quantitative estimate of drug-likeness (QED) is 0.409. The summed E-state index contributed by atoms with van der Waals surface area (Å²) in [7, 11) is 0. The summed E-state index contributed by atoms with van der Waals surface area (Å²) in [5.74, 6) is -1.84. The summed E-state index contributed by atoms with van der Waals surface area (Å²) in [5, 5.41) is 0. The van der Waals surface area contributed by atoms with E-state index in [-0.39, 0.29) is 11.6 Å². The molecule has 0 radical (unpaired) electrons. The van der Waals surface area contributed by atoms with Gasteiger partial charge in [0, 0.05) is 5.57 Å². The number of Topliss-reactive ketones (excluding diaryl/α,β-unsaturated/α-hetero) is 1. The first kappa shape index (κ1) is 20.1. The molecular weight excluding hydrogens is 356 g/mol. The van der Waals surface area contributed by atoms with Crippen LogP contribution in [0.5, 0.6) is 0 Å². The zero-order valence-electron chi connectivity index (χ0n) is 16.9. The summed E-state index contributed by atoms with van der Waals surface area (Å²) >= 11 is 0. The molecule has 0 aromatic heterocycles. The molecular formula is C23H26O5. The molecule has 28 heavy (non-hydrogen) atoms. The molecule has 0 saturated carbocycles. The van der Waals surface area contributed by atoms with Crippen LogP contribution in [0.4, 0.5) is 0 Å². The number of ether oxygens (including phenoxy) is 2.